The highest BCUT2D eigenvalue weighted by molar-refractivity contribution is 7.91. The van der Waals surface area contributed by atoms with E-state index in [-0.39, 0.29) is 24.4 Å². The van der Waals surface area contributed by atoms with Crippen LogP contribution in [-0.4, -0.2) is 54.3 Å². The Bertz CT molecular complexity index is 1840. The molecular formula is C33H38F2N6O5S. The second-order valence-corrected chi connectivity index (χ2v) is 14.3. The van der Waals surface area contributed by atoms with Gasteiger partial charge in [0.25, 0.3) is 0 Å². The van der Waals surface area contributed by atoms with E-state index in [1.165, 1.54) is 24.3 Å². The van der Waals surface area contributed by atoms with Crippen LogP contribution in [0.2, 0.25) is 0 Å². The summed E-state index contributed by atoms with van der Waals surface area (Å²) >= 11 is 0. The lowest BCUT2D eigenvalue weighted by Gasteiger charge is -2.30. The first-order valence-corrected chi connectivity index (χ1v) is 16.9. The fourth-order valence-electron chi connectivity index (χ4n) is 5.37. The Morgan fingerprint density at radius 2 is 1.68 bits per heavy atom. The van der Waals surface area contributed by atoms with Crippen LogP contribution in [0.3, 0.4) is 0 Å². The van der Waals surface area contributed by atoms with Crippen LogP contribution in [0.5, 0.6) is 0 Å². The van der Waals surface area contributed by atoms with Crippen LogP contribution in [0.1, 0.15) is 57.6 Å². The highest BCUT2D eigenvalue weighted by atomic mass is 32.2. The fourth-order valence-corrected chi connectivity index (χ4v) is 6.58. The van der Waals surface area contributed by atoms with Crippen molar-refractivity contribution in [2.75, 3.05) is 17.1 Å². The minimum Gasteiger partial charge on any atom is -0.444 e. The van der Waals surface area contributed by atoms with E-state index in [1.54, 1.807) is 25.4 Å². The van der Waals surface area contributed by atoms with Gasteiger partial charge in [0.05, 0.1) is 35.5 Å². The summed E-state index contributed by atoms with van der Waals surface area (Å²) in [5, 5.41) is 6.34. The lowest BCUT2D eigenvalue weighted by Crippen LogP contribution is -2.42. The van der Waals surface area contributed by atoms with Crippen molar-refractivity contribution in [3.05, 3.63) is 77.5 Å². The normalized spacial score (nSPS) is 16.9. The number of sulfonamides is 1. The Balaban J connectivity index is 1.27. The number of hydrogen-bond acceptors (Lipinski definition) is 9. The molecule has 0 aliphatic heterocycles. The quantitative estimate of drug-likeness (QED) is 0.177. The third-order valence-corrected chi connectivity index (χ3v) is 8.75. The summed E-state index contributed by atoms with van der Waals surface area (Å²) < 4.78 is 66.7. The zero-order valence-corrected chi connectivity index (χ0v) is 27.5. The van der Waals surface area contributed by atoms with Crippen molar-refractivity contribution in [3.8, 4) is 11.3 Å². The Kier molecular flexibility index (Phi) is 10.2. The van der Waals surface area contributed by atoms with Crippen molar-refractivity contribution >= 4 is 38.8 Å². The van der Waals surface area contributed by atoms with Crippen LogP contribution in [0.4, 0.5) is 25.2 Å². The number of carbonyl (C=O) groups excluding carboxylic acids is 1. The SMILES string of the molecule is COCc1cc(-c2ccc(NS(=O)(=O)Cc3ccc(F)cc3)c(F)c2)nc2cnc(N[C@H]3CC[C@H](NC(=O)OC(C)(C)C)CC3)nc12. The topological polar surface area (TPSA) is 144 Å². The van der Waals surface area contributed by atoms with Gasteiger partial charge >= 0.3 is 6.09 Å². The summed E-state index contributed by atoms with van der Waals surface area (Å²) in [6.07, 6.45) is 4.38. The van der Waals surface area contributed by atoms with Gasteiger partial charge in [0, 0.05) is 30.3 Å². The number of hydrogen-bond donors (Lipinski definition) is 3. The Morgan fingerprint density at radius 1 is 0.979 bits per heavy atom. The third kappa shape index (κ3) is 9.32. The summed E-state index contributed by atoms with van der Waals surface area (Å²) in [7, 11) is -2.40. The van der Waals surface area contributed by atoms with Gasteiger partial charge in [-0.2, -0.15) is 0 Å². The molecule has 1 fully saturated rings. The molecule has 1 saturated carbocycles. The van der Waals surface area contributed by atoms with Crippen LogP contribution < -0.4 is 15.4 Å². The number of nitrogens with one attached hydrogen (secondary N) is 3. The number of benzene rings is 2. The van der Waals surface area contributed by atoms with E-state index in [1.807, 2.05) is 20.8 Å². The lowest BCUT2D eigenvalue weighted by atomic mass is 9.91. The number of fused-ring (bicyclic) bond motifs is 1. The molecule has 0 unspecified atom stereocenters. The minimum absolute atomic E-state index is 0.0388. The van der Waals surface area contributed by atoms with Crippen molar-refractivity contribution in [2.24, 2.45) is 0 Å². The Morgan fingerprint density at radius 3 is 2.34 bits per heavy atom. The van der Waals surface area contributed by atoms with Crippen LogP contribution in [0.15, 0.2) is 54.7 Å². The van der Waals surface area contributed by atoms with Crippen molar-refractivity contribution in [1.82, 2.24) is 20.3 Å². The molecule has 14 heteroatoms. The van der Waals surface area contributed by atoms with Gasteiger partial charge in [0.2, 0.25) is 16.0 Å². The average molecular weight is 669 g/mol. The molecule has 0 saturated heterocycles. The second kappa shape index (κ2) is 14.1. The van der Waals surface area contributed by atoms with Crippen LogP contribution in [-0.2, 0) is 31.9 Å². The highest BCUT2D eigenvalue weighted by Crippen LogP contribution is 2.29. The predicted octanol–water partition coefficient (Wildman–Crippen LogP) is 6.31. The number of aromatic nitrogens is 3. The van der Waals surface area contributed by atoms with Gasteiger partial charge in [-0.05, 0) is 82.3 Å². The number of pyridine rings is 1. The monoisotopic (exact) mass is 668 g/mol. The first kappa shape index (κ1) is 33.9. The molecule has 2 heterocycles. The van der Waals surface area contributed by atoms with E-state index in [4.69, 9.17) is 14.5 Å². The highest BCUT2D eigenvalue weighted by Gasteiger charge is 2.25. The number of alkyl carbamates (subject to hydrolysis) is 1. The summed E-state index contributed by atoms with van der Waals surface area (Å²) in [6.45, 7) is 5.71. The molecule has 1 amide bonds. The van der Waals surface area contributed by atoms with Gasteiger partial charge in [-0.25, -0.2) is 36.9 Å². The molecule has 1 aliphatic rings. The fraction of sp³-hybridized carbons (Fsp3) is 0.394. The lowest BCUT2D eigenvalue weighted by molar-refractivity contribution is 0.0492. The summed E-state index contributed by atoms with van der Waals surface area (Å²) in [5.74, 6) is -1.27. The van der Waals surface area contributed by atoms with Crippen molar-refractivity contribution in [2.45, 2.75) is 76.5 Å². The summed E-state index contributed by atoms with van der Waals surface area (Å²) in [5.41, 5.74) is 2.23. The Hall–Kier alpha value is -4.43. The molecule has 47 heavy (non-hydrogen) atoms. The van der Waals surface area contributed by atoms with Gasteiger partial charge in [0.15, 0.2) is 0 Å². The maximum atomic E-state index is 15.2. The Labute approximate surface area is 272 Å². The standard InChI is InChI=1S/C33H38F2N6O5S/c1-33(2,3)46-32(42)38-25-12-10-24(11-13-25)37-31-36-17-29-30(40-31)22(18-45-4)16-28(39-29)21-7-14-27(26(35)15-21)41-47(43,44)19-20-5-8-23(34)9-6-20/h5-9,14-17,24-25,41H,10-13,18-19H2,1-4H3,(H,38,42)(H,36,37,40)/t24-,25-. The summed E-state index contributed by atoms with van der Waals surface area (Å²) in [6, 6.07) is 11.1. The molecule has 0 spiro atoms. The maximum absolute atomic E-state index is 15.2. The van der Waals surface area contributed by atoms with Crippen LogP contribution in [0, 0.1) is 11.6 Å². The number of halogens is 2. The van der Waals surface area contributed by atoms with Gasteiger partial charge in [0.1, 0.15) is 22.8 Å². The number of rotatable bonds is 10. The van der Waals surface area contributed by atoms with Gasteiger partial charge in [-0.1, -0.05) is 18.2 Å². The first-order valence-electron chi connectivity index (χ1n) is 15.2. The predicted molar refractivity (Wildman–Crippen MR) is 175 cm³/mol. The molecule has 2 aromatic heterocycles. The van der Waals surface area contributed by atoms with E-state index in [0.29, 0.717) is 39.4 Å². The van der Waals surface area contributed by atoms with Gasteiger partial charge in [-0.3, -0.25) is 4.72 Å². The molecule has 250 valence electrons. The number of carbonyl (C=O) groups is 1. The van der Waals surface area contributed by atoms with Crippen molar-refractivity contribution in [3.63, 3.8) is 0 Å². The molecular weight excluding hydrogens is 630 g/mol. The zero-order valence-electron chi connectivity index (χ0n) is 26.6. The molecule has 3 N–H and O–H groups in total. The number of amides is 1. The smallest absolute Gasteiger partial charge is 0.407 e. The third-order valence-electron chi connectivity index (χ3n) is 7.51. The largest absolute Gasteiger partial charge is 0.444 e. The van der Waals surface area contributed by atoms with E-state index in [0.717, 1.165) is 37.8 Å². The van der Waals surface area contributed by atoms with E-state index < -0.39 is 39.1 Å². The van der Waals surface area contributed by atoms with Gasteiger partial charge < -0.3 is 20.1 Å². The molecule has 0 bridgehead atoms. The molecule has 1 aliphatic carbocycles. The molecule has 5 rings (SSSR count). The molecule has 0 atom stereocenters. The number of ether oxygens (including phenoxy) is 2. The maximum Gasteiger partial charge on any atom is 0.407 e. The molecule has 0 radical (unpaired) electrons. The van der Waals surface area contributed by atoms with Gasteiger partial charge in [-0.15, -0.1) is 0 Å². The molecule has 2 aromatic carbocycles. The van der Waals surface area contributed by atoms with Crippen molar-refractivity contribution < 1.29 is 31.5 Å². The molecule has 11 nitrogen and oxygen atoms in total. The van der Waals surface area contributed by atoms with E-state index in [2.05, 4.69) is 25.3 Å². The van der Waals surface area contributed by atoms with Crippen LogP contribution in [0.25, 0.3) is 22.3 Å². The minimum atomic E-state index is -3.96. The zero-order chi connectivity index (χ0) is 33.8. The van der Waals surface area contributed by atoms with E-state index in [9.17, 15) is 17.6 Å². The number of nitrogens with zero attached hydrogens (tertiary/aromatic N) is 3. The summed E-state index contributed by atoms with van der Waals surface area (Å²) in [4.78, 5) is 26.0. The van der Waals surface area contributed by atoms with E-state index >= 15 is 4.39 Å². The first-order chi connectivity index (χ1) is 22.3. The molecule has 4 aromatic rings. The van der Waals surface area contributed by atoms with Crippen LogP contribution >= 0.6 is 0 Å². The number of methoxy groups -OCH3 is 1. The average Bonchev–Trinajstić information content (AvgIpc) is 2.99. The number of anilines is 2. The van der Waals surface area contributed by atoms with Crippen molar-refractivity contribution in [1.29, 1.82) is 0 Å². The second-order valence-electron chi connectivity index (χ2n) is 12.5.